The zero-order chi connectivity index (χ0) is 19.6. The average molecular weight is 359 g/mol. The van der Waals surface area contributed by atoms with E-state index < -0.39 is 30.4 Å². The highest BCUT2D eigenvalue weighted by atomic mass is 16.7. The van der Waals surface area contributed by atoms with Crippen LogP contribution >= 0.6 is 0 Å². The SMILES string of the molecule is CCC[C@@H](C)C[C@@H](CC(=O)O)NC(=O)O[C@H](OC(=O)C(C)C)C(C)C. The summed E-state index contributed by atoms with van der Waals surface area (Å²) in [5, 5.41) is 11.6. The number of hydrogen-bond donors (Lipinski definition) is 2. The zero-order valence-corrected chi connectivity index (χ0v) is 16.2. The van der Waals surface area contributed by atoms with E-state index in [1.165, 1.54) is 0 Å². The zero-order valence-electron chi connectivity index (χ0n) is 16.2. The minimum Gasteiger partial charge on any atom is -0.481 e. The number of carbonyl (C=O) groups is 3. The summed E-state index contributed by atoms with van der Waals surface area (Å²) in [5.41, 5.74) is 0. The molecule has 7 heteroatoms. The molecule has 0 aromatic heterocycles. The quantitative estimate of drug-likeness (QED) is 0.432. The molecule has 0 rings (SSSR count). The number of alkyl carbamates (subject to hydrolysis) is 1. The van der Waals surface area contributed by atoms with Crippen LogP contribution in [0.3, 0.4) is 0 Å². The Balaban J connectivity index is 4.78. The third-order valence-electron chi connectivity index (χ3n) is 3.68. The van der Waals surface area contributed by atoms with E-state index in [1.807, 2.05) is 6.92 Å². The van der Waals surface area contributed by atoms with Gasteiger partial charge in [0.25, 0.3) is 6.29 Å². The molecular formula is C18H33NO6. The molecule has 0 spiro atoms. The molecule has 0 heterocycles. The Hall–Kier alpha value is -1.79. The molecule has 0 aromatic carbocycles. The second-order valence-corrected chi connectivity index (χ2v) is 7.18. The Kier molecular flexibility index (Phi) is 10.9. The summed E-state index contributed by atoms with van der Waals surface area (Å²) in [6.07, 6.45) is 0.535. The molecule has 0 saturated carbocycles. The van der Waals surface area contributed by atoms with Gasteiger partial charge in [-0.25, -0.2) is 4.79 Å². The fraction of sp³-hybridized carbons (Fsp3) is 0.833. The maximum Gasteiger partial charge on any atom is 0.410 e. The standard InChI is InChI=1S/C18H33NO6/c1-7-8-13(6)9-14(10-15(20)21)19-18(23)25-17(12(4)5)24-16(22)11(2)3/h11-14,17H,7-10H2,1-6H3,(H,19,23)(H,20,21)/t13-,14+,17+/m1/s1. The van der Waals surface area contributed by atoms with Gasteiger partial charge in [-0.05, 0) is 12.3 Å². The number of amides is 1. The Morgan fingerprint density at radius 2 is 1.64 bits per heavy atom. The van der Waals surface area contributed by atoms with Gasteiger partial charge in [0, 0.05) is 12.0 Å². The highest BCUT2D eigenvalue weighted by Crippen LogP contribution is 2.16. The Labute approximate surface area is 150 Å². The van der Waals surface area contributed by atoms with E-state index in [2.05, 4.69) is 12.2 Å². The van der Waals surface area contributed by atoms with Crippen LogP contribution in [0, 0.1) is 17.8 Å². The number of aliphatic carboxylic acids is 1. The van der Waals surface area contributed by atoms with Crippen LogP contribution in [-0.4, -0.2) is 35.5 Å². The van der Waals surface area contributed by atoms with Crippen molar-refractivity contribution < 1.29 is 29.0 Å². The van der Waals surface area contributed by atoms with Gasteiger partial charge in [0.15, 0.2) is 0 Å². The van der Waals surface area contributed by atoms with Crippen LogP contribution in [0.5, 0.6) is 0 Å². The average Bonchev–Trinajstić information content (AvgIpc) is 2.45. The second-order valence-electron chi connectivity index (χ2n) is 7.18. The minimum absolute atomic E-state index is 0.179. The van der Waals surface area contributed by atoms with Gasteiger partial charge in [-0.2, -0.15) is 0 Å². The molecule has 0 aliphatic heterocycles. The molecule has 0 saturated heterocycles. The highest BCUT2D eigenvalue weighted by Gasteiger charge is 2.26. The molecule has 2 N–H and O–H groups in total. The maximum absolute atomic E-state index is 12.1. The number of carbonyl (C=O) groups excluding carboxylic acids is 2. The molecule has 146 valence electrons. The van der Waals surface area contributed by atoms with Gasteiger partial charge >= 0.3 is 18.0 Å². The van der Waals surface area contributed by atoms with Crippen LogP contribution in [0.1, 0.15) is 67.2 Å². The van der Waals surface area contributed by atoms with Crippen LogP contribution in [0.4, 0.5) is 4.79 Å². The molecular weight excluding hydrogens is 326 g/mol. The van der Waals surface area contributed by atoms with Gasteiger partial charge in [-0.15, -0.1) is 0 Å². The van der Waals surface area contributed by atoms with Gasteiger partial charge < -0.3 is 19.9 Å². The van der Waals surface area contributed by atoms with Crippen molar-refractivity contribution in [1.82, 2.24) is 5.32 Å². The number of rotatable bonds is 11. The predicted molar refractivity (Wildman–Crippen MR) is 93.9 cm³/mol. The van der Waals surface area contributed by atoms with E-state index in [1.54, 1.807) is 27.7 Å². The Morgan fingerprint density at radius 3 is 2.08 bits per heavy atom. The number of ether oxygens (including phenoxy) is 2. The largest absolute Gasteiger partial charge is 0.481 e. The van der Waals surface area contributed by atoms with E-state index in [0.717, 1.165) is 12.8 Å². The van der Waals surface area contributed by atoms with Crippen molar-refractivity contribution in [1.29, 1.82) is 0 Å². The lowest BCUT2D eigenvalue weighted by Crippen LogP contribution is -2.41. The van der Waals surface area contributed by atoms with Gasteiger partial charge in [0.05, 0.1) is 12.3 Å². The fourth-order valence-corrected chi connectivity index (χ4v) is 2.35. The van der Waals surface area contributed by atoms with Crippen LogP contribution in [0.25, 0.3) is 0 Å². The minimum atomic E-state index is -1.01. The van der Waals surface area contributed by atoms with Crippen molar-refractivity contribution in [3.8, 4) is 0 Å². The lowest BCUT2D eigenvalue weighted by molar-refractivity contribution is -0.178. The summed E-state index contributed by atoms with van der Waals surface area (Å²) in [6.45, 7) is 11.0. The second kappa shape index (κ2) is 11.7. The van der Waals surface area contributed by atoms with E-state index in [0.29, 0.717) is 6.42 Å². The Morgan fingerprint density at radius 1 is 1.04 bits per heavy atom. The van der Waals surface area contributed by atoms with E-state index in [9.17, 15) is 14.4 Å². The maximum atomic E-state index is 12.1. The topological polar surface area (TPSA) is 102 Å². The normalized spacial score (nSPS) is 14.7. The van der Waals surface area contributed by atoms with Gasteiger partial charge in [0.1, 0.15) is 0 Å². The number of esters is 1. The monoisotopic (exact) mass is 359 g/mol. The molecule has 7 nitrogen and oxygen atoms in total. The van der Waals surface area contributed by atoms with Crippen molar-refractivity contribution in [3.63, 3.8) is 0 Å². The van der Waals surface area contributed by atoms with Crippen molar-refractivity contribution in [3.05, 3.63) is 0 Å². The lowest BCUT2D eigenvalue weighted by Gasteiger charge is -2.25. The molecule has 3 atom stereocenters. The summed E-state index contributed by atoms with van der Waals surface area (Å²) in [7, 11) is 0. The first-order valence-electron chi connectivity index (χ1n) is 8.96. The first-order valence-corrected chi connectivity index (χ1v) is 8.96. The summed E-state index contributed by atoms with van der Waals surface area (Å²) < 4.78 is 10.4. The number of nitrogens with one attached hydrogen (secondary N) is 1. The molecule has 1 amide bonds. The highest BCUT2D eigenvalue weighted by molar-refractivity contribution is 5.73. The van der Waals surface area contributed by atoms with Crippen molar-refractivity contribution in [2.75, 3.05) is 0 Å². The van der Waals surface area contributed by atoms with Gasteiger partial charge in [-0.3, -0.25) is 9.59 Å². The molecule has 0 aliphatic rings. The number of carboxylic acids is 1. The van der Waals surface area contributed by atoms with E-state index >= 15 is 0 Å². The number of carboxylic acid groups (broad SMARTS) is 1. The Bertz CT molecular complexity index is 435. The summed E-state index contributed by atoms with van der Waals surface area (Å²) in [4.78, 5) is 34.9. The lowest BCUT2D eigenvalue weighted by atomic mass is 9.95. The third kappa shape index (κ3) is 10.6. The molecule has 0 bridgehead atoms. The van der Waals surface area contributed by atoms with Crippen molar-refractivity contribution >= 4 is 18.0 Å². The van der Waals surface area contributed by atoms with Crippen LogP contribution in [-0.2, 0) is 19.1 Å². The number of hydrogen-bond acceptors (Lipinski definition) is 5. The molecule has 0 unspecified atom stereocenters. The summed E-state index contributed by atoms with van der Waals surface area (Å²) >= 11 is 0. The van der Waals surface area contributed by atoms with Crippen LogP contribution in [0.15, 0.2) is 0 Å². The molecule has 25 heavy (non-hydrogen) atoms. The van der Waals surface area contributed by atoms with Crippen molar-refractivity contribution in [2.24, 2.45) is 17.8 Å². The van der Waals surface area contributed by atoms with E-state index in [4.69, 9.17) is 14.6 Å². The molecule has 0 fully saturated rings. The van der Waals surface area contributed by atoms with E-state index in [-0.39, 0.29) is 24.2 Å². The van der Waals surface area contributed by atoms with Crippen LogP contribution < -0.4 is 5.32 Å². The molecule has 0 radical (unpaired) electrons. The first-order chi connectivity index (χ1) is 11.6. The fourth-order valence-electron chi connectivity index (χ4n) is 2.35. The molecule has 0 aromatic rings. The summed E-state index contributed by atoms with van der Waals surface area (Å²) in [5.74, 6) is -1.70. The van der Waals surface area contributed by atoms with Gasteiger partial charge in [0.2, 0.25) is 0 Å². The third-order valence-corrected chi connectivity index (χ3v) is 3.68. The van der Waals surface area contributed by atoms with Crippen molar-refractivity contribution in [2.45, 2.75) is 79.6 Å². The predicted octanol–water partition coefficient (Wildman–Crippen LogP) is 3.56. The molecule has 0 aliphatic carbocycles. The smallest absolute Gasteiger partial charge is 0.410 e. The first kappa shape index (κ1) is 23.2. The van der Waals surface area contributed by atoms with Gasteiger partial charge in [-0.1, -0.05) is 54.4 Å². The summed E-state index contributed by atoms with van der Waals surface area (Å²) in [6, 6.07) is -0.528. The van der Waals surface area contributed by atoms with Crippen LogP contribution in [0.2, 0.25) is 0 Å².